The van der Waals surface area contributed by atoms with Crippen molar-refractivity contribution in [1.82, 2.24) is 4.98 Å². The third kappa shape index (κ3) is 1.42. The number of hydrogen-bond donors (Lipinski definition) is 2. The van der Waals surface area contributed by atoms with E-state index < -0.39 is 0 Å². The summed E-state index contributed by atoms with van der Waals surface area (Å²) in [5.41, 5.74) is 13.2. The van der Waals surface area contributed by atoms with Crippen molar-refractivity contribution in [3.63, 3.8) is 0 Å². The van der Waals surface area contributed by atoms with Gasteiger partial charge in [-0.1, -0.05) is 6.92 Å². The third-order valence-electron chi connectivity index (χ3n) is 1.66. The highest BCUT2D eigenvalue weighted by atomic mass is 16.5. The Hall–Kier alpha value is -1.45. The van der Waals surface area contributed by atoms with Crippen molar-refractivity contribution in [2.45, 2.75) is 13.3 Å². The number of rotatable bonds is 2. The summed E-state index contributed by atoms with van der Waals surface area (Å²) < 4.78 is 4.95. The molecule has 1 aromatic rings. The zero-order valence-corrected chi connectivity index (χ0v) is 7.29. The van der Waals surface area contributed by atoms with Gasteiger partial charge in [-0.25, -0.2) is 4.98 Å². The number of aromatic nitrogens is 1. The fraction of sp³-hybridized carbons (Fsp3) is 0.375. The summed E-state index contributed by atoms with van der Waals surface area (Å²) in [6.07, 6.45) is 0.780. The lowest BCUT2D eigenvalue weighted by molar-refractivity contribution is 0.399. The lowest BCUT2D eigenvalue weighted by Gasteiger charge is -2.07. The molecule has 0 aliphatic rings. The van der Waals surface area contributed by atoms with Gasteiger partial charge in [0.2, 0.25) is 5.88 Å². The van der Waals surface area contributed by atoms with Crippen LogP contribution >= 0.6 is 0 Å². The molecule has 4 nitrogen and oxygen atoms in total. The van der Waals surface area contributed by atoms with E-state index in [4.69, 9.17) is 16.2 Å². The molecule has 4 N–H and O–H groups in total. The molecule has 0 spiro atoms. The standard InChI is InChI=1S/C8H13N3O/c1-3-7-5(9)4-6(10)8(11-7)12-2/h4H,3,9-10H2,1-2H3. The van der Waals surface area contributed by atoms with E-state index in [1.54, 1.807) is 6.07 Å². The number of pyridine rings is 1. The number of nitrogens with zero attached hydrogens (tertiary/aromatic N) is 1. The second-order valence-electron chi connectivity index (χ2n) is 2.48. The Balaban J connectivity index is 3.18. The molecular weight excluding hydrogens is 154 g/mol. The highest BCUT2D eigenvalue weighted by molar-refractivity contribution is 5.59. The fourth-order valence-corrected chi connectivity index (χ4v) is 1.01. The monoisotopic (exact) mass is 167 g/mol. The molecule has 0 radical (unpaired) electrons. The van der Waals surface area contributed by atoms with Gasteiger partial charge in [-0.15, -0.1) is 0 Å². The first-order valence-corrected chi connectivity index (χ1v) is 3.77. The molecule has 66 valence electrons. The molecule has 0 aliphatic carbocycles. The molecule has 0 amide bonds. The van der Waals surface area contributed by atoms with Gasteiger partial charge in [0.15, 0.2) is 0 Å². The van der Waals surface area contributed by atoms with Crippen LogP contribution in [0.2, 0.25) is 0 Å². The number of methoxy groups -OCH3 is 1. The van der Waals surface area contributed by atoms with E-state index in [0.29, 0.717) is 17.3 Å². The highest BCUT2D eigenvalue weighted by Crippen LogP contribution is 2.23. The number of nitrogens with two attached hydrogens (primary N) is 2. The Labute approximate surface area is 71.5 Å². The van der Waals surface area contributed by atoms with E-state index >= 15 is 0 Å². The number of nitrogen functional groups attached to an aromatic ring is 2. The number of anilines is 2. The van der Waals surface area contributed by atoms with Crippen molar-refractivity contribution in [2.24, 2.45) is 0 Å². The third-order valence-corrected chi connectivity index (χ3v) is 1.66. The van der Waals surface area contributed by atoms with Gasteiger partial charge in [-0.05, 0) is 12.5 Å². The van der Waals surface area contributed by atoms with Crippen molar-refractivity contribution in [3.8, 4) is 5.88 Å². The van der Waals surface area contributed by atoms with Gasteiger partial charge in [-0.3, -0.25) is 0 Å². The zero-order valence-electron chi connectivity index (χ0n) is 7.29. The highest BCUT2D eigenvalue weighted by Gasteiger charge is 2.05. The van der Waals surface area contributed by atoms with Crippen molar-refractivity contribution >= 4 is 11.4 Å². The maximum atomic E-state index is 5.66. The van der Waals surface area contributed by atoms with Gasteiger partial charge in [0, 0.05) is 0 Å². The van der Waals surface area contributed by atoms with Crippen molar-refractivity contribution in [2.75, 3.05) is 18.6 Å². The topological polar surface area (TPSA) is 74.2 Å². The van der Waals surface area contributed by atoms with Gasteiger partial charge in [0.25, 0.3) is 0 Å². The van der Waals surface area contributed by atoms with Crippen LogP contribution in [-0.2, 0) is 6.42 Å². The minimum Gasteiger partial charge on any atom is -0.480 e. The summed E-state index contributed by atoms with van der Waals surface area (Å²) in [4.78, 5) is 4.14. The largest absolute Gasteiger partial charge is 0.480 e. The smallest absolute Gasteiger partial charge is 0.237 e. The Bertz CT molecular complexity index is 261. The van der Waals surface area contributed by atoms with Crippen LogP contribution in [0.5, 0.6) is 5.88 Å². The summed E-state index contributed by atoms with van der Waals surface area (Å²) >= 11 is 0. The summed E-state index contributed by atoms with van der Waals surface area (Å²) in [6, 6.07) is 1.67. The predicted molar refractivity (Wildman–Crippen MR) is 49.0 cm³/mol. The van der Waals surface area contributed by atoms with Gasteiger partial charge in [-0.2, -0.15) is 0 Å². The first kappa shape index (κ1) is 8.64. The first-order valence-electron chi connectivity index (χ1n) is 3.77. The van der Waals surface area contributed by atoms with E-state index in [1.807, 2.05) is 6.92 Å². The van der Waals surface area contributed by atoms with Crippen molar-refractivity contribution < 1.29 is 4.74 Å². The lowest BCUT2D eigenvalue weighted by atomic mass is 10.2. The van der Waals surface area contributed by atoms with Gasteiger partial charge in [0.05, 0.1) is 24.2 Å². The van der Waals surface area contributed by atoms with E-state index in [-0.39, 0.29) is 0 Å². The number of hydrogen-bond acceptors (Lipinski definition) is 4. The van der Waals surface area contributed by atoms with Gasteiger partial charge in [0.1, 0.15) is 0 Å². The van der Waals surface area contributed by atoms with Crippen LogP contribution in [-0.4, -0.2) is 12.1 Å². The molecule has 0 atom stereocenters. The maximum absolute atomic E-state index is 5.66. The molecule has 12 heavy (non-hydrogen) atoms. The quantitative estimate of drug-likeness (QED) is 0.683. The van der Waals surface area contributed by atoms with Crippen LogP contribution in [0.4, 0.5) is 11.4 Å². The van der Waals surface area contributed by atoms with Crippen molar-refractivity contribution in [3.05, 3.63) is 11.8 Å². The molecule has 1 heterocycles. The molecule has 1 aromatic heterocycles. The fourth-order valence-electron chi connectivity index (χ4n) is 1.01. The van der Waals surface area contributed by atoms with E-state index in [0.717, 1.165) is 12.1 Å². The summed E-state index contributed by atoms with van der Waals surface area (Å²) in [6.45, 7) is 1.98. The molecule has 0 fully saturated rings. The molecule has 1 rings (SSSR count). The molecule has 0 aliphatic heterocycles. The van der Waals surface area contributed by atoms with Crippen LogP contribution in [0.1, 0.15) is 12.6 Å². The molecule has 0 saturated heterocycles. The Morgan fingerprint density at radius 1 is 1.42 bits per heavy atom. The van der Waals surface area contributed by atoms with E-state index in [1.165, 1.54) is 7.11 Å². The summed E-state index contributed by atoms with van der Waals surface area (Å²) in [7, 11) is 1.54. The van der Waals surface area contributed by atoms with Crippen LogP contribution in [0.15, 0.2) is 6.07 Å². The van der Waals surface area contributed by atoms with Gasteiger partial charge >= 0.3 is 0 Å². The molecule has 0 aromatic carbocycles. The minimum absolute atomic E-state index is 0.445. The molecule has 0 bridgehead atoms. The van der Waals surface area contributed by atoms with E-state index in [9.17, 15) is 0 Å². The van der Waals surface area contributed by atoms with Crippen LogP contribution < -0.4 is 16.2 Å². The molecular formula is C8H13N3O. The van der Waals surface area contributed by atoms with Crippen LogP contribution in [0.25, 0.3) is 0 Å². The Morgan fingerprint density at radius 2 is 2.08 bits per heavy atom. The lowest BCUT2D eigenvalue weighted by Crippen LogP contribution is -2.02. The summed E-state index contributed by atoms with van der Waals surface area (Å²) in [5, 5.41) is 0. The predicted octanol–water partition coefficient (Wildman–Crippen LogP) is 0.817. The normalized spacial score (nSPS) is 9.83. The van der Waals surface area contributed by atoms with Crippen LogP contribution in [0, 0.1) is 0 Å². The second-order valence-corrected chi connectivity index (χ2v) is 2.48. The number of aryl methyl sites for hydroxylation is 1. The van der Waals surface area contributed by atoms with Crippen LogP contribution in [0.3, 0.4) is 0 Å². The second kappa shape index (κ2) is 3.30. The number of ether oxygens (including phenoxy) is 1. The van der Waals surface area contributed by atoms with E-state index in [2.05, 4.69) is 4.98 Å². The first-order chi connectivity index (χ1) is 5.69. The van der Waals surface area contributed by atoms with Crippen molar-refractivity contribution in [1.29, 1.82) is 0 Å². The van der Waals surface area contributed by atoms with Gasteiger partial charge < -0.3 is 16.2 Å². The molecule has 4 heteroatoms. The zero-order chi connectivity index (χ0) is 9.14. The SMILES string of the molecule is CCc1nc(OC)c(N)cc1N. The summed E-state index contributed by atoms with van der Waals surface area (Å²) in [5.74, 6) is 0.445. The minimum atomic E-state index is 0.445. The molecule has 0 saturated carbocycles. The maximum Gasteiger partial charge on any atom is 0.237 e. The Kier molecular flexibility index (Phi) is 2.38. The molecule has 0 unspecified atom stereocenters. The average Bonchev–Trinajstić information content (AvgIpc) is 2.05. The Morgan fingerprint density at radius 3 is 2.58 bits per heavy atom. The average molecular weight is 167 g/mol.